The Morgan fingerprint density at radius 2 is 2.00 bits per heavy atom. The first-order valence-corrected chi connectivity index (χ1v) is 6.51. The molecule has 4 N–H and O–H groups in total. The highest BCUT2D eigenvalue weighted by atomic mass is 16.3. The van der Waals surface area contributed by atoms with Gasteiger partial charge in [-0.2, -0.15) is 0 Å². The summed E-state index contributed by atoms with van der Waals surface area (Å²) in [4.78, 5) is 0. The molecule has 1 aliphatic carbocycles. The summed E-state index contributed by atoms with van der Waals surface area (Å²) in [7, 11) is 0. The molecule has 2 atom stereocenters. The number of hydrogen-bond donors (Lipinski definition) is 3. The van der Waals surface area contributed by atoms with Gasteiger partial charge in [0.25, 0.3) is 0 Å². The van der Waals surface area contributed by atoms with E-state index in [2.05, 4.69) is 5.32 Å². The van der Waals surface area contributed by atoms with E-state index in [9.17, 15) is 5.11 Å². The Labute approximate surface area is 103 Å². The molecule has 0 bridgehead atoms. The molecule has 17 heavy (non-hydrogen) atoms. The van der Waals surface area contributed by atoms with Gasteiger partial charge in [0.1, 0.15) is 5.75 Å². The Morgan fingerprint density at radius 1 is 1.24 bits per heavy atom. The molecule has 94 valence electrons. The zero-order valence-electron chi connectivity index (χ0n) is 10.2. The van der Waals surface area contributed by atoms with Crippen LogP contribution in [0.2, 0.25) is 0 Å². The van der Waals surface area contributed by atoms with Crippen LogP contribution in [-0.4, -0.2) is 23.7 Å². The summed E-state index contributed by atoms with van der Waals surface area (Å²) in [6, 6.07) is 8.41. The number of phenols is 1. The van der Waals surface area contributed by atoms with Gasteiger partial charge in [-0.05, 0) is 49.9 Å². The molecule has 0 heterocycles. The average molecular weight is 234 g/mol. The number of aromatic hydroxyl groups is 1. The lowest BCUT2D eigenvalue weighted by Crippen LogP contribution is -2.40. The van der Waals surface area contributed by atoms with E-state index in [1.165, 1.54) is 24.8 Å². The van der Waals surface area contributed by atoms with Crippen LogP contribution in [0.15, 0.2) is 24.3 Å². The maximum absolute atomic E-state index is 9.19. The maximum Gasteiger partial charge on any atom is 0.115 e. The Balaban J connectivity index is 1.70. The fourth-order valence-corrected chi connectivity index (χ4v) is 2.50. The minimum absolute atomic E-state index is 0.333. The molecule has 2 rings (SSSR count). The Bertz CT molecular complexity index is 337. The fourth-order valence-electron chi connectivity index (χ4n) is 2.50. The van der Waals surface area contributed by atoms with E-state index in [1.807, 2.05) is 12.1 Å². The van der Waals surface area contributed by atoms with Crippen molar-refractivity contribution in [3.8, 4) is 5.75 Å². The third-order valence-electron chi connectivity index (χ3n) is 3.50. The SMILES string of the molecule is NC1CCCC(NCCc2ccc(O)cc2)C1. The Hall–Kier alpha value is -1.06. The van der Waals surface area contributed by atoms with Crippen molar-refractivity contribution < 1.29 is 5.11 Å². The Morgan fingerprint density at radius 3 is 2.71 bits per heavy atom. The van der Waals surface area contributed by atoms with E-state index in [0.717, 1.165) is 19.4 Å². The van der Waals surface area contributed by atoms with E-state index < -0.39 is 0 Å². The van der Waals surface area contributed by atoms with Gasteiger partial charge in [0, 0.05) is 12.1 Å². The molecular weight excluding hydrogens is 212 g/mol. The van der Waals surface area contributed by atoms with Gasteiger partial charge in [0.05, 0.1) is 0 Å². The number of phenolic OH excluding ortho intramolecular Hbond substituents is 1. The summed E-state index contributed by atoms with van der Waals surface area (Å²) in [6.07, 6.45) is 5.79. The normalized spacial score (nSPS) is 24.8. The monoisotopic (exact) mass is 234 g/mol. The molecular formula is C14H22N2O. The van der Waals surface area contributed by atoms with E-state index in [4.69, 9.17) is 5.73 Å². The predicted octanol–water partition coefficient (Wildman–Crippen LogP) is 1.79. The average Bonchev–Trinajstić information content (AvgIpc) is 2.32. The number of nitrogens with one attached hydrogen (secondary N) is 1. The first-order valence-electron chi connectivity index (χ1n) is 6.51. The van der Waals surface area contributed by atoms with Crippen molar-refractivity contribution in [2.24, 2.45) is 5.73 Å². The lowest BCUT2D eigenvalue weighted by atomic mass is 9.91. The molecule has 0 amide bonds. The summed E-state index contributed by atoms with van der Waals surface area (Å²) < 4.78 is 0. The molecule has 1 aliphatic rings. The molecule has 1 saturated carbocycles. The van der Waals surface area contributed by atoms with Crippen LogP contribution >= 0.6 is 0 Å². The van der Waals surface area contributed by atoms with Crippen LogP contribution < -0.4 is 11.1 Å². The van der Waals surface area contributed by atoms with Crippen LogP contribution in [0.4, 0.5) is 0 Å². The van der Waals surface area contributed by atoms with Crippen molar-refractivity contribution in [1.82, 2.24) is 5.32 Å². The number of nitrogens with two attached hydrogens (primary N) is 1. The zero-order chi connectivity index (χ0) is 12.1. The fraction of sp³-hybridized carbons (Fsp3) is 0.571. The number of rotatable bonds is 4. The second-order valence-electron chi connectivity index (χ2n) is 4.99. The molecule has 0 radical (unpaired) electrons. The van der Waals surface area contributed by atoms with Crippen LogP contribution in [-0.2, 0) is 6.42 Å². The van der Waals surface area contributed by atoms with Crippen molar-refractivity contribution in [3.63, 3.8) is 0 Å². The lowest BCUT2D eigenvalue weighted by Gasteiger charge is -2.27. The van der Waals surface area contributed by atoms with Crippen molar-refractivity contribution in [2.45, 2.75) is 44.2 Å². The van der Waals surface area contributed by atoms with Gasteiger partial charge in [-0.3, -0.25) is 0 Å². The van der Waals surface area contributed by atoms with Gasteiger partial charge >= 0.3 is 0 Å². The first kappa shape index (κ1) is 12.4. The molecule has 1 aromatic rings. The van der Waals surface area contributed by atoms with Crippen LogP contribution in [0.25, 0.3) is 0 Å². The molecule has 3 heteroatoms. The summed E-state index contributed by atoms with van der Waals surface area (Å²) in [5.41, 5.74) is 7.22. The minimum atomic E-state index is 0.333. The number of hydrogen-bond acceptors (Lipinski definition) is 3. The van der Waals surface area contributed by atoms with Crippen molar-refractivity contribution >= 4 is 0 Å². The van der Waals surface area contributed by atoms with Gasteiger partial charge < -0.3 is 16.2 Å². The highest BCUT2D eigenvalue weighted by Crippen LogP contribution is 2.17. The lowest BCUT2D eigenvalue weighted by molar-refractivity contribution is 0.341. The molecule has 2 unspecified atom stereocenters. The maximum atomic E-state index is 9.19. The van der Waals surface area contributed by atoms with Crippen LogP contribution in [0.5, 0.6) is 5.75 Å². The highest BCUT2D eigenvalue weighted by Gasteiger charge is 2.17. The molecule has 1 aromatic carbocycles. The summed E-state index contributed by atoms with van der Waals surface area (Å²) >= 11 is 0. The highest BCUT2D eigenvalue weighted by molar-refractivity contribution is 5.25. The third kappa shape index (κ3) is 4.02. The van der Waals surface area contributed by atoms with Crippen molar-refractivity contribution in [2.75, 3.05) is 6.54 Å². The van der Waals surface area contributed by atoms with E-state index in [1.54, 1.807) is 12.1 Å². The molecule has 0 aromatic heterocycles. The van der Waals surface area contributed by atoms with Crippen LogP contribution in [0.1, 0.15) is 31.2 Å². The van der Waals surface area contributed by atoms with Crippen LogP contribution in [0.3, 0.4) is 0 Å². The summed E-state index contributed by atoms with van der Waals surface area (Å²) in [6.45, 7) is 0.988. The minimum Gasteiger partial charge on any atom is -0.508 e. The smallest absolute Gasteiger partial charge is 0.115 e. The second kappa shape index (κ2) is 6.03. The molecule has 1 fully saturated rings. The summed E-state index contributed by atoms with van der Waals surface area (Å²) in [5.74, 6) is 0.333. The topological polar surface area (TPSA) is 58.3 Å². The quantitative estimate of drug-likeness (QED) is 0.744. The van der Waals surface area contributed by atoms with E-state index in [0.29, 0.717) is 17.8 Å². The van der Waals surface area contributed by atoms with E-state index in [-0.39, 0.29) is 0 Å². The van der Waals surface area contributed by atoms with Crippen molar-refractivity contribution in [3.05, 3.63) is 29.8 Å². The van der Waals surface area contributed by atoms with Gasteiger partial charge in [-0.15, -0.1) is 0 Å². The standard InChI is InChI=1S/C14H22N2O/c15-12-2-1-3-13(10-12)16-9-8-11-4-6-14(17)7-5-11/h4-7,12-13,16-17H,1-3,8-10,15H2. The number of benzene rings is 1. The van der Waals surface area contributed by atoms with Gasteiger partial charge in [0.2, 0.25) is 0 Å². The molecule has 0 saturated heterocycles. The van der Waals surface area contributed by atoms with Gasteiger partial charge in [0.15, 0.2) is 0 Å². The Kier molecular flexibility index (Phi) is 4.40. The first-order chi connectivity index (χ1) is 8.24. The predicted molar refractivity (Wildman–Crippen MR) is 70.0 cm³/mol. The summed E-state index contributed by atoms with van der Waals surface area (Å²) in [5, 5.41) is 12.8. The zero-order valence-corrected chi connectivity index (χ0v) is 10.2. The molecule has 0 spiro atoms. The van der Waals surface area contributed by atoms with E-state index >= 15 is 0 Å². The molecule has 3 nitrogen and oxygen atoms in total. The third-order valence-corrected chi connectivity index (χ3v) is 3.50. The second-order valence-corrected chi connectivity index (χ2v) is 4.99. The van der Waals surface area contributed by atoms with Gasteiger partial charge in [-0.1, -0.05) is 18.6 Å². The molecule has 0 aliphatic heterocycles. The van der Waals surface area contributed by atoms with Gasteiger partial charge in [-0.25, -0.2) is 0 Å². The largest absolute Gasteiger partial charge is 0.508 e. The van der Waals surface area contributed by atoms with Crippen molar-refractivity contribution in [1.29, 1.82) is 0 Å². The van der Waals surface area contributed by atoms with Crippen LogP contribution in [0, 0.1) is 0 Å².